The summed E-state index contributed by atoms with van der Waals surface area (Å²) in [6, 6.07) is 7.89. The average Bonchev–Trinajstić information content (AvgIpc) is 2.64. The first kappa shape index (κ1) is 17.0. The van der Waals surface area contributed by atoms with Gasteiger partial charge in [0.25, 0.3) is 5.56 Å². The average molecular weight is 339 g/mol. The highest BCUT2D eigenvalue weighted by atomic mass is 16.2. The van der Waals surface area contributed by atoms with Gasteiger partial charge in [0, 0.05) is 32.9 Å². The van der Waals surface area contributed by atoms with Crippen molar-refractivity contribution in [2.45, 2.75) is 19.9 Å². The van der Waals surface area contributed by atoms with E-state index in [4.69, 9.17) is 0 Å². The van der Waals surface area contributed by atoms with Gasteiger partial charge in [0.2, 0.25) is 0 Å². The summed E-state index contributed by atoms with van der Waals surface area (Å²) in [5, 5.41) is 12.6. The van der Waals surface area contributed by atoms with Crippen molar-refractivity contribution < 1.29 is 0 Å². The number of nitriles is 1. The smallest absolute Gasteiger partial charge is 0.332 e. The molecule has 0 amide bonds. The first-order chi connectivity index (χ1) is 12.0. The van der Waals surface area contributed by atoms with Crippen molar-refractivity contribution in [1.29, 1.82) is 5.26 Å². The Morgan fingerprint density at radius 3 is 2.68 bits per heavy atom. The normalized spacial score (nSPS) is 14.0. The number of likely N-dealkylation sites (N-methyl/N-ethyl adjacent to an activating group) is 1. The van der Waals surface area contributed by atoms with E-state index in [0.29, 0.717) is 0 Å². The second-order valence-corrected chi connectivity index (χ2v) is 6.23. The maximum absolute atomic E-state index is 12.2. The van der Waals surface area contributed by atoms with Gasteiger partial charge in [-0.3, -0.25) is 18.8 Å². The second kappa shape index (κ2) is 6.57. The zero-order valence-electron chi connectivity index (χ0n) is 14.7. The van der Waals surface area contributed by atoms with E-state index >= 15 is 0 Å². The van der Waals surface area contributed by atoms with Crippen LogP contribution in [0.1, 0.15) is 23.6 Å². The Morgan fingerprint density at radius 1 is 1.24 bits per heavy atom. The van der Waals surface area contributed by atoms with Crippen LogP contribution < -0.4 is 16.6 Å². The van der Waals surface area contributed by atoms with E-state index in [-0.39, 0.29) is 11.4 Å². The molecule has 0 spiro atoms. The number of anilines is 2. The highest BCUT2D eigenvalue weighted by Gasteiger charge is 2.20. The van der Waals surface area contributed by atoms with Gasteiger partial charge in [-0.05, 0) is 30.2 Å². The van der Waals surface area contributed by atoms with E-state index in [2.05, 4.69) is 23.2 Å². The Kier molecular flexibility index (Phi) is 4.47. The Hall–Kier alpha value is -2.85. The number of hydrogen-bond acceptors (Lipinski definition) is 5. The predicted molar refractivity (Wildman–Crippen MR) is 96.0 cm³/mol. The Bertz CT molecular complexity index is 981. The Labute approximate surface area is 145 Å². The molecule has 0 aliphatic carbocycles. The van der Waals surface area contributed by atoms with Gasteiger partial charge in [0.1, 0.15) is 11.9 Å². The molecule has 1 N–H and O–H groups in total. The molecule has 0 atom stereocenters. The largest absolute Gasteiger partial charge is 0.340 e. The lowest BCUT2D eigenvalue weighted by atomic mass is 9.97. The van der Waals surface area contributed by atoms with Crippen LogP contribution in [0, 0.1) is 11.3 Å². The van der Waals surface area contributed by atoms with Gasteiger partial charge in [-0.15, -0.1) is 0 Å². The topological polar surface area (TPSA) is 83.1 Å². The minimum absolute atomic E-state index is 0.0619. The van der Waals surface area contributed by atoms with E-state index in [1.54, 1.807) is 7.05 Å². The predicted octanol–water partition coefficient (Wildman–Crippen LogP) is 1.08. The van der Waals surface area contributed by atoms with Gasteiger partial charge in [-0.25, -0.2) is 4.79 Å². The van der Waals surface area contributed by atoms with Crippen molar-refractivity contribution in [2.75, 3.05) is 18.4 Å². The molecule has 25 heavy (non-hydrogen) atoms. The number of benzene rings is 1. The lowest BCUT2D eigenvalue weighted by Gasteiger charge is -2.29. The Morgan fingerprint density at radius 2 is 2.00 bits per heavy atom. The molecule has 1 aromatic heterocycles. The molecular weight excluding hydrogens is 318 g/mol. The third-order valence-corrected chi connectivity index (χ3v) is 4.82. The highest BCUT2D eigenvalue weighted by molar-refractivity contribution is 5.67. The van der Waals surface area contributed by atoms with E-state index < -0.39 is 11.2 Å². The van der Waals surface area contributed by atoms with Gasteiger partial charge in [-0.2, -0.15) is 5.26 Å². The van der Waals surface area contributed by atoms with E-state index in [9.17, 15) is 14.9 Å². The molecule has 0 saturated carbocycles. The molecule has 1 aromatic carbocycles. The third kappa shape index (κ3) is 2.85. The number of nitrogens with one attached hydrogen (secondary N) is 1. The molecule has 1 aliphatic heterocycles. The summed E-state index contributed by atoms with van der Waals surface area (Å²) in [4.78, 5) is 26.8. The van der Waals surface area contributed by atoms with E-state index in [0.717, 1.165) is 36.3 Å². The minimum atomic E-state index is -0.588. The fourth-order valence-electron chi connectivity index (χ4n) is 3.27. The van der Waals surface area contributed by atoms with Gasteiger partial charge in [-0.1, -0.05) is 19.1 Å². The molecule has 0 unspecified atom stereocenters. The third-order valence-electron chi connectivity index (χ3n) is 4.82. The molecule has 3 rings (SSSR count). The molecule has 0 radical (unpaired) electrons. The molecule has 7 heteroatoms. The number of fused-ring (bicyclic) bond motifs is 1. The first-order valence-electron chi connectivity index (χ1n) is 8.28. The van der Waals surface area contributed by atoms with Crippen LogP contribution in [0.2, 0.25) is 0 Å². The van der Waals surface area contributed by atoms with Crippen molar-refractivity contribution >= 4 is 11.5 Å². The van der Waals surface area contributed by atoms with Gasteiger partial charge < -0.3 is 5.32 Å². The van der Waals surface area contributed by atoms with Crippen LogP contribution in [0.15, 0.2) is 27.8 Å². The summed E-state index contributed by atoms with van der Waals surface area (Å²) in [5.74, 6) is 0.238. The molecule has 0 saturated heterocycles. The zero-order chi connectivity index (χ0) is 18.1. The van der Waals surface area contributed by atoms with Crippen molar-refractivity contribution in [3.8, 4) is 6.07 Å². The summed E-state index contributed by atoms with van der Waals surface area (Å²) >= 11 is 0. The van der Waals surface area contributed by atoms with Crippen LogP contribution in [-0.2, 0) is 27.1 Å². The molecule has 7 nitrogen and oxygen atoms in total. The van der Waals surface area contributed by atoms with E-state index in [1.807, 2.05) is 18.2 Å². The fraction of sp³-hybridized carbons (Fsp3) is 0.389. The van der Waals surface area contributed by atoms with Crippen LogP contribution in [0.5, 0.6) is 0 Å². The second-order valence-electron chi connectivity index (χ2n) is 6.23. The van der Waals surface area contributed by atoms with Crippen LogP contribution in [0.3, 0.4) is 0 Å². The molecule has 130 valence electrons. The number of aromatic nitrogens is 2. The lowest BCUT2D eigenvalue weighted by Crippen LogP contribution is -2.39. The standard InChI is InChI=1S/C18H21N5O2/c1-4-23-9-8-13-12(11-23)6-5-7-15(13)20-16-14(10-19)17(24)22(3)18(25)21(16)2/h5-7,20H,4,8-9,11H2,1-3H3. The molecule has 1 aliphatic rings. The fourth-order valence-corrected chi connectivity index (χ4v) is 3.27. The summed E-state index contributed by atoms with van der Waals surface area (Å²) in [7, 11) is 2.93. The van der Waals surface area contributed by atoms with Crippen molar-refractivity contribution in [3.63, 3.8) is 0 Å². The van der Waals surface area contributed by atoms with Gasteiger partial charge >= 0.3 is 5.69 Å². The summed E-state index contributed by atoms with van der Waals surface area (Å²) in [5.41, 5.74) is 2.12. The molecule has 2 heterocycles. The maximum Gasteiger partial charge on any atom is 0.332 e. The summed E-state index contributed by atoms with van der Waals surface area (Å²) < 4.78 is 2.25. The monoisotopic (exact) mass is 339 g/mol. The maximum atomic E-state index is 12.2. The summed E-state index contributed by atoms with van der Waals surface area (Å²) in [6.45, 7) is 4.98. The van der Waals surface area contributed by atoms with Crippen LogP contribution >= 0.6 is 0 Å². The van der Waals surface area contributed by atoms with Crippen LogP contribution in [0.4, 0.5) is 11.5 Å². The number of nitrogens with zero attached hydrogens (tertiary/aromatic N) is 4. The first-order valence-corrected chi connectivity index (χ1v) is 8.28. The van der Waals surface area contributed by atoms with Crippen molar-refractivity contribution in [2.24, 2.45) is 14.1 Å². The van der Waals surface area contributed by atoms with Crippen molar-refractivity contribution in [1.82, 2.24) is 14.0 Å². The minimum Gasteiger partial charge on any atom is -0.340 e. The molecule has 0 bridgehead atoms. The molecular formula is C18H21N5O2. The zero-order valence-corrected chi connectivity index (χ0v) is 14.7. The number of rotatable bonds is 3. The number of hydrogen-bond donors (Lipinski definition) is 1. The van der Waals surface area contributed by atoms with Crippen LogP contribution in [0.25, 0.3) is 0 Å². The van der Waals surface area contributed by atoms with Gasteiger partial charge in [0.15, 0.2) is 5.56 Å². The van der Waals surface area contributed by atoms with Crippen molar-refractivity contribution in [3.05, 3.63) is 55.7 Å². The lowest BCUT2D eigenvalue weighted by molar-refractivity contribution is 0.268. The summed E-state index contributed by atoms with van der Waals surface area (Å²) in [6.07, 6.45) is 0.882. The quantitative estimate of drug-likeness (QED) is 0.905. The Balaban J connectivity index is 2.10. The molecule has 0 fully saturated rings. The van der Waals surface area contributed by atoms with Crippen LogP contribution in [-0.4, -0.2) is 27.1 Å². The highest BCUT2D eigenvalue weighted by Crippen LogP contribution is 2.28. The SMILES string of the molecule is CCN1CCc2c(cccc2Nc2c(C#N)c(=O)n(C)c(=O)n2C)C1. The van der Waals surface area contributed by atoms with E-state index in [1.165, 1.54) is 22.7 Å². The molecule has 2 aromatic rings. The van der Waals surface area contributed by atoms with Gasteiger partial charge in [0.05, 0.1) is 0 Å².